The smallest absolute Gasteiger partial charge is 0.197 e. The summed E-state index contributed by atoms with van der Waals surface area (Å²) < 4.78 is 1.84. The predicted molar refractivity (Wildman–Crippen MR) is 71.5 cm³/mol. The highest BCUT2D eigenvalue weighted by Gasteiger charge is 2.07. The zero-order valence-corrected chi connectivity index (χ0v) is 11.6. The first-order chi connectivity index (χ1) is 8.13. The molecule has 17 heavy (non-hydrogen) atoms. The van der Waals surface area contributed by atoms with Crippen LogP contribution in [0.25, 0.3) is 22.4 Å². The second-order valence-corrected chi connectivity index (χ2v) is 5.23. The number of aromatic nitrogens is 4. The molecular formula is C10H7Br2N5. The summed E-state index contributed by atoms with van der Waals surface area (Å²) in [6, 6.07) is 3.85. The van der Waals surface area contributed by atoms with Gasteiger partial charge in [0.2, 0.25) is 0 Å². The molecule has 0 unspecified atom stereocenters. The second-order valence-electron chi connectivity index (χ2n) is 3.59. The molecule has 3 rings (SSSR count). The van der Waals surface area contributed by atoms with Crippen molar-refractivity contribution in [2.75, 3.05) is 0 Å². The minimum atomic E-state index is 0.271. The van der Waals surface area contributed by atoms with Gasteiger partial charge in [0.1, 0.15) is 0 Å². The van der Waals surface area contributed by atoms with E-state index in [2.05, 4.69) is 51.8 Å². The van der Waals surface area contributed by atoms with Crippen LogP contribution < -0.4 is 5.62 Å². The lowest BCUT2D eigenvalue weighted by molar-refractivity contribution is 1.05. The summed E-state index contributed by atoms with van der Waals surface area (Å²) in [5, 5.41) is 7.47. The van der Waals surface area contributed by atoms with Crippen molar-refractivity contribution in [3.8, 4) is 11.4 Å². The van der Waals surface area contributed by atoms with Crippen molar-refractivity contribution in [1.29, 1.82) is 5.41 Å². The molecule has 0 saturated heterocycles. The number of H-pyrrole nitrogens is 3. The van der Waals surface area contributed by atoms with Crippen LogP contribution in [0.2, 0.25) is 0 Å². The Morgan fingerprint density at radius 3 is 2.53 bits per heavy atom. The first kappa shape index (κ1) is 10.8. The van der Waals surface area contributed by atoms with E-state index in [0.717, 1.165) is 31.5 Å². The first-order valence-electron chi connectivity index (χ1n) is 4.80. The number of aromatic amines is 3. The molecule has 3 aromatic rings. The molecule has 0 atom stereocenters. The molecule has 0 spiro atoms. The molecule has 0 radical (unpaired) electrons. The molecule has 0 aliphatic heterocycles. The molecule has 3 aromatic heterocycles. The molecule has 0 aliphatic rings. The Morgan fingerprint density at radius 2 is 1.82 bits per heavy atom. The average Bonchev–Trinajstić information content (AvgIpc) is 2.80. The van der Waals surface area contributed by atoms with Crippen LogP contribution in [0.15, 0.2) is 27.4 Å². The number of fused-ring (bicyclic) bond motifs is 1. The van der Waals surface area contributed by atoms with Gasteiger partial charge in [-0.3, -0.25) is 10.4 Å². The fourth-order valence-corrected chi connectivity index (χ4v) is 2.30. The van der Waals surface area contributed by atoms with Crippen molar-refractivity contribution in [3.05, 3.63) is 33.0 Å². The molecule has 0 aromatic carbocycles. The standard InChI is InChI=1S/C10H7Br2N5/c11-4-1-6(15-9(4)12)5-2-7-8(3-14-5)17-10(13)16-7/h1-3,15H,(H3,13,16,17). The van der Waals surface area contributed by atoms with Gasteiger partial charge in [0.15, 0.2) is 5.62 Å². The minimum Gasteiger partial charge on any atom is -0.347 e. The van der Waals surface area contributed by atoms with Crippen molar-refractivity contribution in [1.82, 2.24) is 19.9 Å². The second kappa shape index (κ2) is 3.85. The average molecular weight is 357 g/mol. The highest BCUT2D eigenvalue weighted by Crippen LogP contribution is 2.28. The van der Waals surface area contributed by atoms with Gasteiger partial charge in [0.05, 0.1) is 37.7 Å². The van der Waals surface area contributed by atoms with E-state index in [9.17, 15) is 0 Å². The third-order valence-corrected chi connectivity index (χ3v) is 4.21. The highest BCUT2D eigenvalue weighted by molar-refractivity contribution is 9.13. The SMILES string of the molecule is N=c1[nH]c2cnc(-c3cc(Br)c(Br)[nH]3)cc2[nH]1. The molecule has 0 bridgehead atoms. The van der Waals surface area contributed by atoms with Crippen molar-refractivity contribution in [2.24, 2.45) is 0 Å². The maximum Gasteiger partial charge on any atom is 0.197 e. The predicted octanol–water partition coefficient (Wildman–Crippen LogP) is 2.89. The molecule has 4 N–H and O–H groups in total. The highest BCUT2D eigenvalue weighted by atomic mass is 79.9. The number of nitrogens with zero attached hydrogens (tertiary/aromatic N) is 1. The summed E-state index contributed by atoms with van der Waals surface area (Å²) in [6.45, 7) is 0. The zero-order chi connectivity index (χ0) is 12.0. The third-order valence-electron chi connectivity index (χ3n) is 2.42. The Labute approximate surface area is 112 Å². The van der Waals surface area contributed by atoms with Crippen molar-refractivity contribution >= 4 is 42.9 Å². The molecule has 5 nitrogen and oxygen atoms in total. The van der Waals surface area contributed by atoms with Gasteiger partial charge >= 0.3 is 0 Å². The Morgan fingerprint density at radius 1 is 1.06 bits per heavy atom. The topological polar surface area (TPSA) is 84.1 Å². The maximum atomic E-state index is 7.47. The normalized spacial score (nSPS) is 11.2. The summed E-state index contributed by atoms with van der Waals surface area (Å²) in [4.78, 5) is 13.3. The van der Waals surface area contributed by atoms with Gasteiger partial charge in [-0.05, 0) is 44.0 Å². The minimum absolute atomic E-state index is 0.271. The van der Waals surface area contributed by atoms with Gasteiger partial charge in [0, 0.05) is 0 Å². The summed E-state index contributed by atoms with van der Waals surface area (Å²) >= 11 is 6.81. The molecule has 7 heteroatoms. The summed E-state index contributed by atoms with van der Waals surface area (Å²) in [5.41, 5.74) is 3.68. The number of hydrogen-bond acceptors (Lipinski definition) is 2. The molecule has 3 heterocycles. The van der Waals surface area contributed by atoms with Gasteiger partial charge in [0.25, 0.3) is 0 Å². The van der Waals surface area contributed by atoms with Crippen LogP contribution in [0.3, 0.4) is 0 Å². The molecule has 0 fully saturated rings. The first-order valence-corrected chi connectivity index (χ1v) is 6.39. The van der Waals surface area contributed by atoms with Gasteiger partial charge in [-0.1, -0.05) is 0 Å². The van der Waals surface area contributed by atoms with Crippen LogP contribution in [0.4, 0.5) is 0 Å². The van der Waals surface area contributed by atoms with E-state index < -0.39 is 0 Å². The number of imidazole rings is 1. The van der Waals surface area contributed by atoms with Crippen molar-refractivity contribution in [2.45, 2.75) is 0 Å². The Bertz CT molecular complexity index is 732. The van der Waals surface area contributed by atoms with Crippen LogP contribution in [0.1, 0.15) is 0 Å². The molecule has 0 aliphatic carbocycles. The summed E-state index contributed by atoms with van der Waals surface area (Å²) in [5.74, 6) is 0. The van der Waals surface area contributed by atoms with Crippen LogP contribution in [-0.4, -0.2) is 19.9 Å². The van der Waals surface area contributed by atoms with E-state index in [1.165, 1.54) is 0 Å². The lowest BCUT2D eigenvalue weighted by atomic mass is 10.2. The van der Waals surface area contributed by atoms with E-state index >= 15 is 0 Å². The van der Waals surface area contributed by atoms with Crippen LogP contribution in [0.5, 0.6) is 0 Å². The number of hydrogen-bond donors (Lipinski definition) is 4. The molecule has 0 amide bonds. The number of pyridine rings is 1. The van der Waals surface area contributed by atoms with Gasteiger partial charge in [-0.25, -0.2) is 0 Å². The van der Waals surface area contributed by atoms with E-state index in [1.54, 1.807) is 6.20 Å². The number of nitrogens with one attached hydrogen (secondary N) is 4. The van der Waals surface area contributed by atoms with Gasteiger partial charge < -0.3 is 15.0 Å². The Balaban J connectivity index is 2.20. The summed E-state index contributed by atoms with van der Waals surface area (Å²) in [6.07, 6.45) is 1.71. The van der Waals surface area contributed by atoms with Crippen molar-refractivity contribution in [3.63, 3.8) is 0 Å². The van der Waals surface area contributed by atoms with Gasteiger partial charge in [-0.15, -0.1) is 0 Å². The fraction of sp³-hybridized carbons (Fsp3) is 0. The third kappa shape index (κ3) is 1.85. The largest absolute Gasteiger partial charge is 0.347 e. The van der Waals surface area contributed by atoms with Crippen molar-refractivity contribution < 1.29 is 0 Å². The van der Waals surface area contributed by atoms with E-state index in [0.29, 0.717) is 0 Å². The van der Waals surface area contributed by atoms with Crippen LogP contribution >= 0.6 is 31.9 Å². The monoisotopic (exact) mass is 355 g/mol. The van der Waals surface area contributed by atoms with Crippen LogP contribution in [0, 0.1) is 5.41 Å². The van der Waals surface area contributed by atoms with Gasteiger partial charge in [-0.2, -0.15) is 0 Å². The Kier molecular flexibility index (Phi) is 2.44. The molecular weight excluding hydrogens is 350 g/mol. The fourth-order valence-electron chi connectivity index (χ4n) is 1.65. The maximum absolute atomic E-state index is 7.47. The zero-order valence-electron chi connectivity index (χ0n) is 8.44. The van der Waals surface area contributed by atoms with E-state index in [4.69, 9.17) is 5.41 Å². The quantitative estimate of drug-likeness (QED) is 0.531. The lowest BCUT2D eigenvalue weighted by Gasteiger charge is -1.96. The van der Waals surface area contributed by atoms with E-state index in [-0.39, 0.29) is 5.62 Å². The number of halogens is 2. The molecule has 0 saturated carbocycles. The number of rotatable bonds is 1. The summed E-state index contributed by atoms with van der Waals surface area (Å²) in [7, 11) is 0. The molecule has 86 valence electrons. The Hall–Kier alpha value is -1.34. The van der Waals surface area contributed by atoms with E-state index in [1.807, 2.05) is 12.1 Å². The lowest BCUT2D eigenvalue weighted by Crippen LogP contribution is -1.99. The van der Waals surface area contributed by atoms with Crippen LogP contribution in [-0.2, 0) is 0 Å².